The maximum atomic E-state index is 11.5. The maximum Gasteiger partial charge on any atom is 0.171 e. The second kappa shape index (κ2) is 6.31. The molecule has 0 bridgehead atoms. The zero-order valence-electron chi connectivity index (χ0n) is 10.8. The Labute approximate surface area is 111 Å². The van der Waals surface area contributed by atoms with Crippen molar-refractivity contribution in [3.05, 3.63) is 4.88 Å². The molecule has 1 rings (SSSR count). The van der Waals surface area contributed by atoms with Gasteiger partial charge in [-0.25, -0.2) is 0 Å². The normalized spacial score (nSPS) is 10.9. The molecule has 5 heteroatoms. The minimum atomic E-state index is 0.0420. The largest absolute Gasteiger partial charge is 0.396 e. The van der Waals surface area contributed by atoms with Gasteiger partial charge in [-0.15, -0.1) is 23.1 Å². The van der Waals surface area contributed by atoms with E-state index in [4.69, 9.17) is 5.73 Å². The molecule has 0 unspecified atom stereocenters. The molecule has 0 radical (unpaired) electrons. The van der Waals surface area contributed by atoms with E-state index >= 15 is 0 Å². The van der Waals surface area contributed by atoms with Gasteiger partial charge in [-0.3, -0.25) is 4.79 Å². The third kappa shape index (κ3) is 3.16. The van der Waals surface area contributed by atoms with Gasteiger partial charge >= 0.3 is 0 Å². The van der Waals surface area contributed by atoms with E-state index < -0.39 is 0 Å². The number of nitrogen functional groups attached to an aromatic ring is 1. The standard InChI is InChI=1S/C12H20N2OS2/c1-5-8(6-2)14-12-11(16-4)9(13)10(17-12)7(3)15/h8,14H,5-6,13H2,1-4H3. The SMILES string of the molecule is CCC(CC)Nc1sc(C(C)=O)c(N)c1SC. The molecule has 1 aromatic rings. The summed E-state index contributed by atoms with van der Waals surface area (Å²) >= 11 is 3.07. The van der Waals surface area contributed by atoms with Gasteiger partial charge < -0.3 is 11.1 Å². The number of rotatable bonds is 6. The molecule has 3 N–H and O–H groups in total. The second-order valence-corrected chi connectivity index (χ2v) is 5.76. The molecule has 0 aliphatic carbocycles. The van der Waals surface area contributed by atoms with Gasteiger partial charge in [-0.05, 0) is 19.1 Å². The molecule has 0 aliphatic rings. The van der Waals surface area contributed by atoms with Crippen molar-refractivity contribution in [1.82, 2.24) is 0 Å². The van der Waals surface area contributed by atoms with Crippen LogP contribution in [0.1, 0.15) is 43.3 Å². The van der Waals surface area contributed by atoms with Gasteiger partial charge in [-0.2, -0.15) is 0 Å². The predicted molar refractivity (Wildman–Crippen MR) is 78.5 cm³/mol. The number of thioether (sulfide) groups is 1. The fraction of sp³-hybridized carbons (Fsp3) is 0.583. The maximum absolute atomic E-state index is 11.5. The number of anilines is 2. The molecule has 0 aliphatic heterocycles. The van der Waals surface area contributed by atoms with Gasteiger partial charge in [0, 0.05) is 13.0 Å². The van der Waals surface area contributed by atoms with E-state index in [0.29, 0.717) is 16.6 Å². The van der Waals surface area contributed by atoms with E-state index in [1.807, 2.05) is 6.26 Å². The van der Waals surface area contributed by atoms with Crippen LogP contribution >= 0.6 is 23.1 Å². The van der Waals surface area contributed by atoms with Crippen molar-refractivity contribution < 1.29 is 4.79 Å². The number of carbonyl (C=O) groups is 1. The highest BCUT2D eigenvalue weighted by Crippen LogP contribution is 2.42. The Kier molecular flexibility index (Phi) is 5.33. The lowest BCUT2D eigenvalue weighted by atomic mass is 10.2. The number of hydrogen-bond acceptors (Lipinski definition) is 5. The Morgan fingerprint density at radius 1 is 1.47 bits per heavy atom. The van der Waals surface area contributed by atoms with Crippen LogP contribution in [0.4, 0.5) is 10.7 Å². The number of thiophene rings is 1. The van der Waals surface area contributed by atoms with Gasteiger partial charge in [0.2, 0.25) is 0 Å². The minimum Gasteiger partial charge on any atom is -0.396 e. The smallest absolute Gasteiger partial charge is 0.171 e. The van der Waals surface area contributed by atoms with Crippen LogP contribution in [0, 0.1) is 0 Å². The van der Waals surface area contributed by atoms with Crippen molar-refractivity contribution in [2.24, 2.45) is 0 Å². The van der Waals surface area contributed by atoms with Crippen molar-refractivity contribution in [3.8, 4) is 0 Å². The molecule has 1 heterocycles. The third-order valence-corrected chi connectivity index (χ3v) is 4.94. The Balaban J connectivity index is 3.06. The van der Waals surface area contributed by atoms with E-state index in [1.54, 1.807) is 18.7 Å². The molecule has 0 fully saturated rings. The van der Waals surface area contributed by atoms with Crippen LogP contribution in [-0.4, -0.2) is 18.1 Å². The summed E-state index contributed by atoms with van der Waals surface area (Å²) in [4.78, 5) is 13.1. The summed E-state index contributed by atoms with van der Waals surface area (Å²) in [5.41, 5.74) is 6.63. The first-order chi connectivity index (χ1) is 8.04. The lowest BCUT2D eigenvalue weighted by Crippen LogP contribution is -2.16. The van der Waals surface area contributed by atoms with Crippen LogP contribution in [0.2, 0.25) is 0 Å². The predicted octanol–water partition coefficient (Wildman–Crippen LogP) is 3.86. The molecule has 0 saturated heterocycles. The number of nitrogens with one attached hydrogen (secondary N) is 1. The van der Waals surface area contributed by atoms with E-state index in [9.17, 15) is 4.79 Å². The van der Waals surface area contributed by atoms with Crippen molar-refractivity contribution in [3.63, 3.8) is 0 Å². The molecular formula is C12H20N2OS2. The zero-order valence-corrected chi connectivity index (χ0v) is 12.4. The summed E-state index contributed by atoms with van der Waals surface area (Å²) < 4.78 is 0. The van der Waals surface area contributed by atoms with Crippen molar-refractivity contribution in [1.29, 1.82) is 0 Å². The second-order valence-electron chi connectivity index (χ2n) is 3.92. The molecule has 0 saturated carbocycles. The highest BCUT2D eigenvalue weighted by atomic mass is 32.2. The molecule has 1 aromatic heterocycles. The van der Waals surface area contributed by atoms with E-state index in [-0.39, 0.29) is 5.78 Å². The summed E-state index contributed by atoms with van der Waals surface area (Å²) in [5.74, 6) is 0.0420. The molecule has 0 aromatic carbocycles. The monoisotopic (exact) mass is 272 g/mol. The summed E-state index contributed by atoms with van der Waals surface area (Å²) in [6, 6.07) is 0.443. The quantitative estimate of drug-likeness (QED) is 0.610. The molecule has 96 valence electrons. The van der Waals surface area contributed by atoms with Gasteiger partial charge in [0.15, 0.2) is 5.78 Å². The molecule has 0 spiro atoms. The summed E-state index contributed by atoms with van der Waals surface area (Å²) in [5, 5.41) is 4.52. The van der Waals surface area contributed by atoms with Crippen molar-refractivity contribution >= 4 is 39.6 Å². The van der Waals surface area contributed by atoms with Crippen LogP contribution in [0.15, 0.2) is 4.90 Å². The van der Waals surface area contributed by atoms with Crippen LogP contribution in [-0.2, 0) is 0 Å². The number of carbonyl (C=O) groups excluding carboxylic acids is 1. The fourth-order valence-electron chi connectivity index (χ4n) is 1.67. The van der Waals surface area contributed by atoms with Crippen molar-refractivity contribution in [2.45, 2.75) is 44.6 Å². The molecule has 0 atom stereocenters. The molecular weight excluding hydrogens is 252 g/mol. The van der Waals surface area contributed by atoms with Crippen molar-refractivity contribution in [2.75, 3.05) is 17.3 Å². The first-order valence-electron chi connectivity index (χ1n) is 5.78. The average molecular weight is 272 g/mol. The van der Waals surface area contributed by atoms with E-state index in [1.165, 1.54) is 11.3 Å². The lowest BCUT2D eigenvalue weighted by molar-refractivity contribution is 0.102. The molecule has 0 amide bonds. The van der Waals surface area contributed by atoms with Gasteiger partial charge in [0.25, 0.3) is 0 Å². The molecule has 3 nitrogen and oxygen atoms in total. The Hall–Kier alpha value is -0.680. The van der Waals surface area contributed by atoms with Gasteiger partial charge in [0.05, 0.1) is 15.5 Å². The van der Waals surface area contributed by atoms with Gasteiger partial charge in [0.1, 0.15) is 5.00 Å². The summed E-state index contributed by atoms with van der Waals surface area (Å²) in [6.45, 7) is 5.87. The zero-order chi connectivity index (χ0) is 13.0. The van der Waals surface area contributed by atoms with Crippen LogP contribution < -0.4 is 11.1 Å². The molecule has 17 heavy (non-hydrogen) atoms. The summed E-state index contributed by atoms with van der Waals surface area (Å²) in [6.07, 6.45) is 4.12. The lowest BCUT2D eigenvalue weighted by Gasteiger charge is -2.15. The van der Waals surface area contributed by atoms with Crippen LogP contribution in [0.5, 0.6) is 0 Å². The van der Waals surface area contributed by atoms with Crippen LogP contribution in [0.25, 0.3) is 0 Å². The highest BCUT2D eigenvalue weighted by Gasteiger charge is 2.19. The minimum absolute atomic E-state index is 0.0420. The number of ketones is 1. The Morgan fingerprint density at radius 3 is 2.47 bits per heavy atom. The average Bonchev–Trinajstić information content (AvgIpc) is 2.62. The third-order valence-electron chi connectivity index (χ3n) is 2.74. The summed E-state index contributed by atoms with van der Waals surface area (Å²) in [7, 11) is 0. The number of Topliss-reactive ketones (excluding diaryl/α,β-unsaturated/α-hetero) is 1. The first kappa shape index (κ1) is 14.4. The highest BCUT2D eigenvalue weighted by molar-refractivity contribution is 7.99. The van der Waals surface area contributed by atoms with E-state index in [0.717, 1.165) is 22.7 Å². The Morgan fingerprint density at radius 2 is 2.06 bits per heavy atom. The number of hydrogen-bond donors (Lipinski definition) is 2. The fourth-order valence-corrected chi connectivity index (χ4v) is 3.66. The first-order valence-corrected chi connectivity index (χ1v) is 7.82. The Bertz CT molecular complexity index is 397. The van der Waals surface area contributed by atoms with E-state index in [2.05, 4.69) is 19.2 Å². The van der Waals surface area contributed by atoms with Crippen LogP contribution in [0.3, 0.4) is 0 Å². The number of nitrogens with two attached hydrogens (primary N) is 1. The topological polar surface area (TPSA) is 55.1 Å². The van der Waals surface area contributed by atoms with Gasteiger partial charge in [-0.1, -0.05) is 13.8 Å².